The van der Waals surface area contributed by atoms with Crippen LogP contribution in [0.4, 0.5) is 17.6 Å². The molecule has 1 saturated carbocycles. The highest BCUT2D eigenvalue weighted by Crippen LogP contribution is 2.49. The first-order chi connectivity index (χ1) is 62.4. The summed E-state index contributed by atoms with van der Waals surface area (Å²) >= 11 is 0. The molecule has 0 saturated heterocycles. The third kappa shape index (κ3) is 42.1. The van der Waals surface area contributed by atoms with Gasteiger partial charge in [-0.3, -0.25) is 9.59 Å². The van der Waals surface area contributed by atoms with Crippen molar-refractivity contribution >= 4 is 11.9 Å². The Labute approximate surface area is 765 Å². The zero-order valence-electron chi connectivity index (χ0n) is 78.4. The van der Waals surface area contributed by atoms with E-state index in [4.69, 9.17) is 28.4 Å². The zero-order valence-corrected chi connectivity index (χ0v) is 78.4. The fourth-order valence-corrected chi connectivity index (χ4v) is 17.3. The lowest BCUT2D eigenvalue weighted by molar-refractivity contribution is -0.161. The van der Waals surface area contributed by atoms with Gasteiger partial charge in [0.15, 0.2) is 46.3 Å². The Morgan fingerprint density at radius 1 is 0.260 bits per heavy atom. The molecule has 0 amide bonds. The molecule has 0 spiro atoms. The molecule has 2 unspecified atom stereocenters. The highest BCUT2D eigenvalue weighted by Gasteiger charge is 2.53. The van der Waals surface area contributed by atoms with E-state index < -0.39 is 35.1 Å². The van der Waals surface area contributed by atoms with Gasteiger partial charge in [-0.2, -0.15) is 0 Å². The minimum atomic E-state index is -0.493. The Hall–Kier alpha value is -8.84. The number of unbranched alkanes of at least 4 members (excludes halogenated alkanes) is 44. The van der Waals surface area contributed by atoms with Crippen LogP contribution in [0.3, 0.4) is 0 Å². The zero-order chi connectivity index (χ0) is 89.6. The van der Waals surface area contributed by atoms with Crippen molar-refractivity contribution in [1.29, 1.82) is 0 Å². The molecule has 8 nitrogen and oxygen atoms in total. The lowest BCUT2D eigenvalue weighted by Gasteiger charge is -2.25. The number of benzene rings is 6. The molecule has 2 bridgehead atoms. The maximum Gasteiger partial charge on any atom is 0.310 e. The summed E-state index contributed by atoms with van der Waals surface area (Å²) in [6.07, 6.45) is 63.4. The van der Waals surface area contributed by atoms with E-state index in [1.165, 1.54) is 178 Å². The second kappa shape index (κ2) is 64.8. The van der Waals surface area contributed by atoms with Crippen LogP contribution in [-0.4, -0.2) is 51.6 Å². The van der Waals surface area contributed by atoms with E-state index in [2.05, 4.69) is 99.3 Å². The van der Waals surface area contributed by atoms with Gasteiger partial charge in [0.05, 0.1) is 51.5 Å². The molecule has 0 N–H and O–H groups in total. The van der Waals surface area contributed by atoms with Gasteiger partial charge in [0.25, 0.3) is 0 Å². The van der Waals surface area contributed by atoms with Crippen LogP contribution in [-0.2, 0) is 31.9 Å². The van der Waals surface area contributed by atoms with Crippen LogP contribution in [0.25, 0.3) is 0 Å². The molecular formula is C115H154F4O8. The van der Waals surface area contributed by atoms with Gasteiger partial charge < -0.3 is 28.4 Å². The fourth-order valence-electron chi connectivity index (χ4n) is 17.3. The maximum absolute atomic E-state index is 15.3. The molecule has 2 aliphatic carbocycles. The fraction of sp³-hybridized carbons (Fsp3) is 0.583. The standard InChI is InChI=1S/C115H154F4O8/c1-5-9-13-17-21-33-41-49-79-122-108-75-65-94(87-104(108)116)59-57-92-61-69-98(71-63-96-67-77-110(106(118)89-96)124-81-51-43-35-23-19-15-11-7-3)100(85-92)55-47-39-31-27-25-29-37-45-53-83-126-114(120)112-102-73-74-103(91-102)113(112)115(121)127-84-54-46-38-30-26-28-32-40-48-56-101-86-93(58-60-95-66-76-109(105(117)88-95)123-80-50-42-34-22-18-14-10-6-2)62-70-99(101)72-64-97-68-78-111(107(119)90-97)125-82-52-44-36-24-20-16-12-8-4/h61-62,65-70,73-78,85-90,102-103,112-113H,5-56,79-84,91H2,1-4H3/t102?,103?,112-,113-/m1/s1. The summed E-state index contributed by atoms with van der Waals surface area (Å²) in [7, 11) is 0. The summed E-state index contributed by atoms with van der Waals surface area (Å²) in [5.74, 6) is 23.9. The van der Waals surface area contributed by atoms with Crippen molar-refractivity contribution in [1.82, 2.24) is 0 Å². The highest BCUT2D eigenvalue weighted by molar-refractivity contribution is 5.84. The van der Waals surface area contributed by atoms with Gasteiger partial charge in [0, 0.05) is 44.5 Å². The van der Waals surface area contributed by atoms with E-state index in [-0.39, 0.29) is 46.8 Å². The summed E-state index contributed by atoms with van der Waals surface area (Å²) in [5.41, 5.74) is 7.85. The maximum atomic E-state index is 15.3. The van der Waals surface area contributed by atoms with Gasteiger partial charge in [-0.1, -0.05) is 357 Å². The van der Waals surface area contributed by atoms with E-state index in [0.29, 0.717) is 61.9 Å². The summed E-state index contributed by atoms with van der Waals surface area (Å²) in [4.78, 5) is 27.3. The number of fused-ring (bicyclic) bond motifs is 2. The number of carbonyl (C=O) groups is 2. The lowest BCUT2D eigenvalue weighted by Crippen LogP contribution is -2.35. The molecule has 127 heavy (non-hydrogen) atoms. The number of hydrogen-bond acceptors (Lipinski definition) is 8. The second-order valence-electron chi connectivity index (χ2n) is 35.8. The number of esters is 2. The molecule has 6 aromatic rings. The lowest BCUT2D eigenvalue weighted by atomic mass is 9.83. The van der Waals surface area contributed by atoms with Crippen LogP contribution >= 0.6 is 0 Å². The third-order valence-electron chi connectivity index (χ3n) is 25.0. The van der Waals surface area contributed by atoms with E-state index >= 15 is 17.6 Å². The minimum Gasteiger partial charge on any atom is -0.491 e. The number of ether oxygens (including phenoxy) is 6. The van der Waals surface area contributed by atoms with Crippen molar-refractivity contribution in [3.63, 3.8) is 0 Å². The summed E-state index contributed by atoms with van der Waals surface area (Å²) in [5, 5.41) is 0. The van der Waals surface area contributed by atoms with E-state index in [0.717, 1.165) is 220 Å². The Kier molecular flexibility index (Phi) is 52.9. The molecular weight excluding hydrogens is 1590 g/mol. The van der Waals surface area contributed by atoms with Crippen LogP contribution in [0.1, 0.15) is 411 Å². The predicted octanol–water partition coefficient (Wildman–Crippen LogP) is 31.3. The first-order valence-electron chi connectivity index (χ1n) is 50.5. The van der Waals surface area contributed by atoms with Crippen LogP contribution in [0, 0.1) is 94.3 Å². The summed E-state index contributed by atoms with van der Waals surface area (Å²) < 4.78 is 96.2. The summed E-state index contributed by atoms with van der Waals surface area (Å²) in [6, 6.07) is 31.9. The monoisotopic (exact) mass is 1740 g/mol. The molecule has 0 radical (unpaired) electrons. The van der Waals surface area contributed by atoms with Crippen LogP contribution in [0.2, 0.25) is 0 Å². The van der Waals surface area contributed by atoms with Crippen molar-refractivity contribution < 1.29 is 55.6 Å². The SMILES string of the molecule is CCCCCCCCCCOc1ccc(C#Cc2ccc(C#Cc3ccc(OCCCCCCCCCC)c(F)c3)c(CCCCCCCCCCCOC(=O)[C@@H]3C4C=CC(C4)[C@H]3C(=O)OCCCCCCCCCCCc3cc(C#Cc4ccc(OCCCCCCCCCC)c(F)c4)ccc3C#Cc3ccc(OCCCCCCCCCC)c(F)c3)c2)cc1F. The Bertz CT molecular complexity index is 4140. The molecule has 6 aromatic carbocycles. The second-order valence-corrected chi connectivity index (χ2v) is 35.8. The van der Waals surface area contributed by atoms with E-state index in [1.54, 1.807) is 24.3 Å². The Balaban J connectivity index is 0.708. The van der Waals surface area contributed by atoms with Crippen molar-refractivity contribution in [2.75, 3.05) is 39.6 Å². The van der Waals surface area contributed by atoms with Crippen LogP contribution in [0.5, 0.6) is 23.0 Å². The Morgan fingerprint density at radius 3 is 0.724 bits per heavy atom. The van der Waals surface area contributed by atoms with Crippen molar-refractivity contribution in [3.8, 4) is 70.4 Å². The number of carbonyl (C=O) groups excluding carboxylic acids is 2. The van der Waals surface area contributed by atoms with Gasteiger partial charge in [-0.05, 0) is 203 Å². The average Bonchev–Trinajstić information content (AvgIpc) is 1.61. The molecule has 0 aromatic heterocycles. The minimum absolute atomic E-state index is 0.00750. The summed E-state index contributed by atoms with van der Waals surface area (Å²) in [6.45, 7) is 11.6. The van der Waals surface area contributed by atoms with E-state index in [1.807, 2.05) is 48.5 Å². The number of hydrogen-bond donors (Lipinski definition) is 0. The van der Waals surface area contributed by atoms with Gasteiger partial charge in [0.2, 0.25) is 0 Å². The van der Waals surface area contributed by atoms with Crippen molar-refractivity contribution in [2.24, 2.45) is 23.7 Å². The average molecular weight is 1740 g/mol. The molecule has 12 heteroatoms. The quantitative estimate of drug-likeness (QED) is 0.0123. The molecule has 0 heterocycles. The largest absolute Gasteiger partial charge is 0.491 e. The molecule has 2 aliphatic rings. The topological polar surface area (TPSA) is 89.5 Å². The van der Waals surface area contributed by atoms with Crippen LogP contribution < -0.4 is 18.9 Å². The molecule has 8 rings (SSSR count). The van der Waals surface area contributed by atoms with Crippen molar-refractivity contribution in [3.05, 3.63) is 200 Å². The number of allylic oxidation sites excluding steroid dienone is 2. The molecule has 1 fully saturated rings. The normalized spacial score (nSPS) is 14.1. The number of aryl methyl sites for hydroxylation is 2. The first-order valence-corrected chi connectivity index (χ1v) is 50.5. The highest BCUT2D eigenvalue weighted by atomic mass is 19.1. The van der Waals surface area contributed by atoms with E-state index in [9.17, 15) is 9.59 Å². The smallest absolute Gasteiger partial charge is 0.310 e. The molecule has 690 valence electrons. The number of rotatable bonds is 66. The van der Waals surface area contributed by atoms with Gasteiger partial charge >= 0.3 is 11.9 Å². The molecule has 0 aliphatic heterocycles. The Morgan fingerprint density at radius 2 is 0.472 bits per heavy atom. The third-order valence-corrected chi connectivity index (χ3v) is 25.0. The molecule has 4 atom stereocenters. The van der Waals surface area contributed by atoms with Crippen LogP contribution in [0.15, 0.2) is 121 Å². The van der Waals surface area contributed by atoms with Gasteiger partial charge in [0.1, 0.15) is 0 Å². The van der Waals surface area contributed by atoms with Crippen molar-refractivity contribution in [2.45, 2.75) is 368 Å². The van der Waals surface area contributed by atoms with Gasteiger partial charge in [-0.15, -0.1) is 0 Å². The predicted molar refractivity (Wildman–Crippen MR) is 515 cm³/mol. The van der Waals surface area contributed by atoms with Gasteiger partial charge in [-0.25, -0.2) is 17.6 Å². The number of halogens is 4. The first kappa shape index (κ1) is 104.